The van der Waals surface area contributed by atoms with Crippen LogP contribution in [0.3, 0.4) is 0 Å². The molecule has 4 N–H and O–H groups in total. The Kier molecular flexibility index (Phi) is 7.41. The molecule has 1 aromatic rings. The molecule has 0 heterocycles. The normalized spacial score (nSPS) is 8.44. The summed E-state index contributed by atoms with van der Waals surface area (Å²) in [5, 5.41) is 0. The molecule has 0 saturated heterocycles. The number of amides is 2. The molecule has 96 valence electrons. The van der Waals surface area contributed by atoms with Gasteiger partial charge in [-0.25, -0.2) is 4.79 Å². The lowest BCUT2D eigenvalue weighted by Crippen LogP contribution is -2.39. The van der Waals surface area contributed by atoms with Crippen molar-refractivity contribution in [1.82, 2.24) is 0 Å². The Balaban J connectivity index is 0.00000137. The van der Waals surface area contributed by atoms with Crippen LogP contribution in [0.15, 0.2) is 24.3 Å². The minimum atomic E-state index is -0.597. The van der Waals surface area contributed by atoms with E-state index in [1.807, 2.05) is 6.79 Å². The molecule has 0 fully saturated rings. The van der Waals surface area contributed by atoms with Gasteiger partial charge in [0.2, 0.25) is 0 Å². The van der Waals surface area contributed by atoms with E-state index >= 15 is 0 Å². The molecule has 0 spiro atoms. The zero-order valence-electron chi connectivity index (χ0n) is 9.83. The molecule has 6 nitrogen and oxygen atoms in total. The third-order valence-electron chi connectivity index (χ3n) is 1.92. The van der Waals surface area contributed by atoms with Gasteiger partial charge in [0.15, 0.2) is 0 Å². The minimum Gasteiger partial charge on any atom is -0.481 e. The van der Waals surface area contributed by atoms with Crippen LogP contribution in [0, 0.1) is 12.3 Å². The van der Waals surface area contributed by atoms with E-state index in [0.29, 0.717) is 11.4 Å². The van der Waals surface area contributed by atoms with Crippen LogP contribution in [-0.4, -0.2) is 26.1 Å². The van der Waals surface area contributed by atoms with E-state index < -0.39 is 6.03 Å². The predicted octanol–water partition coefficient (Wildman–Crippen LogP) is 0.315. The van der Waals surface area contributed by atoms with Crippen LogP contribution in [0.2, 0.25) is 0 Å². The number of urea groups is 1. The van der Waals surface area contributed by atoms with Gasteiger partial charge in [0, 0.05) is 5.69 Å². The molecule has 0 atom stereocenters. The summed E-state index contributed by atoms with van der Waals surface area (Å²) in [5.41, 5.74) is 11.2. The second-order valence-corrected chi connectivity index (χ2v) is 2.94. The maximum atomic E-state index is 11.0. The van der Waals surface area contributed by atoms with Crippen LogP contribution in [0.5, 0.6) is 5.75 Å². The highest BCUT2D eigenvalue weighted by atomic mass is 16.5. The van der Waals surface area contributed by atoms with Gasteiger partial charge in [0.25, 0.3) is 0 Å². The monoisotopic (exact) mass is 249 g/mol. The first-order valence-corrected chi connectivity index (χ1v) is 4.91. The molecule has 1 rings (SSSR count). The standard InChI is InChI=1S/C11H13N3O2.CH2O/c1-2-7-16-10-5-3-9(4-6-10)14(8-12)11(13)15;1-2/h1,3-6H,7-8,12H2,(H2,13,15);1H2. The molecule has 0 saturated carbocycles. The highest BCUT2D eigenvalue weighted by Crippen LogP contribution is 2.18. The maximum Gasteiger partial charge on any atom is 0.320 e. The topological polar surface area (TPSA) is 98.7 Å². The van der Waals surface area contributed by atoms with E-state index in [9.17, 15) is 4.79 Å². The number of nitrogens with two attached hydrogens (primary N) is 2. The zero-order chi connectivity index (χ0) is 14.0. The SMILES string of the molecule is C#CCOc1ccc(N(CN)C(N)=O)cc1.C=O. The first-order valence-electron chi connectivity index (χ1n) is 4.91. The summed E-state index contributed by atoms with van der Waals surface area (Å²) in [6.45, 7) is 2.23. The zero-order valence-corrected chi connectivity index (χ0v) is 9.83. The number of primary amides is 1. The molecule has 6 heteroatoms. The van der Waals surface area contributed by atoms with Gasteiger partial charge in [-0.15, -0.1) is 6.42 Å². The molecular weight excluding hydrogens is 234 g/mol. The van der Waals surface area contributed by atoms with Crippen molar-refractivity contribution in [3.8, 4) is 18.1 Å². The third-order valence-corrected chi connectivity index (χ3v) is 1.92. The van der Waals surface area contributed by atoms with E-state index in [1.165, 1.54) is 4.90 Å². The number of carbonyl (C=O) groups is 2. The molecule has 0 unspecified atom stereocenters. The van der Waals surface area contributed by atoms with E-state index in [4.69, 9.17) is 27.4 Å². The fraction of sp³-hybridized carbons (Fsp3) is 0.167. The molecule has 0 aliphatic carbocycles. The van der Waals surface area contributed by atoms with E-state index in [1.54, 1.807) is 24.3 Å². The summed E-state index contributed by atoms with van der Waals surface area (Å²) >= 11 is 0. The van der Waals surface area contributed by atoms with Crippen molar-refractivity contribution in [3.05, 3.63) is 24.3 Å². The Morgan fingerprint density at radius 1 is 1.39 bits per heavy atom. The van der Waals surface area contributed by atoms with Crippen LogP contribution >= 0.6 is 0 Å². The Bertz CT molecular complexity index is 412. The lowest BCUT2D eigenvalue weighted by atomic mass is 10.3. The summed E-state index contributed by atoms with van der Waals surface area (Å²) in [7, 11) is 0. The highest BCUT2D eigenvalue weighted by Gasteiger charge is 2.09. The van der Waals surface area contributed by atoms with Crippen LogP contribution in [0.4, 0.5) is 10.5 Å². The number of benzene rings is 1. The largest absolute Gasteiger partial charge is 0.481 e. The molecule has 2 amide bonds. The predicted molar refractivity (Wildman–Crippen MR) is 69.0 cm³/mol. The number of hydrogen-bond acceptors (Lipinski definition) is 4. The van der Waals surface area contributed by atoms with Crippen molar-refractivity contribution >= 4 is 18.5 Å². The molecule has 1 aromatic carbocycles. The van der Waals surface area contributed by atoms with Gasteiger partial charge in [0.05, 0.1) is 6.67 Å². The van der Waals surface area contributed by atoms with Crippen molar-refractivity contribution < 1.29 is 14.3 Å². The quantitative estimate of drug-likeness (QED) is 0.592. The molecule has 0 radical (unpaired) electrons. The lowest BCUT2D eigenvalue weighted by Gasteiger charge is -2.18. The van der Waals surface area contributed by atoms with Crippen LogP contribution in [0.1, 0.15) is 0 Å². The average molecular weight is 249 g/mol. The summed E-state index contributed by atoms with van der Waals surface area (Å²) in [6, 6.07) is 6.16. The molecule has 0 aliphatic rings. The van der Waals surface area contributed by atoms with Crippen LogP contribution in [-0.2, 0) is 4.79 Å². The van der Waals surface area contributed by atoms with Crippen LogP contribution < -0.4 is 21.1 Å². The van der Waals surface area contributed by atoms with Gasteiger partial charge in [-0.1, -0.05) is 5.92 Å². The molecule has 18 heavy (non-hydrogen) atoms. The second kappa shape index (κ2) is 8.61. The number of anilines is 1. The highest BCUT2D eigenvalue weighted by molar-refractivity contribution is 5.90. The molecule has 0 aliphatic heterocycles. The summed E-state index contributed by atoms with van der Waals surface area (Å²) < 4.78 is 5.18. The smallest absolute Gasteiger partial charge is 0.320 e. The van der Waals surface area contributed by atoms with Crippen molar-refractivity contribution in [2.24, 2.45) is 11.5 Å². The number of nitrogens with zero attached hydrogens (tertiary/aromatic N) is 1. The van der Waals surface area contributed by atoms with Crippen molar-refractivity contribution in [2.45, 2.75) is 0 Å². The minimum absolute atomic E-state index is 0.0277. The number of ether oxygens (including phenoxy) is 1. The molecular formula is C12H15N3O3. The molecule has 0 bridgehead atoms. The van der Waals surface area contributed by atoms with Gasteiger partial charge < -0.3 is 21.0 Å². The number of hydrogen-bond donors (Lipinski definition) is 2. The number of terminal acetylenes is 1. The first-order chi connectivity index (χ1) is 8.69. The second-order valence-electron chi connectivity index (χ2n) is 2.94. The van der Waals surface area contributed by atoms with Gasteiger partial charge in [-0.05, 0) is 24.3 Å². The van der Waals surface area contributed by atoms with Gasteiger partial charge >= 0.3 is 6.03 Å². The first kappa shape index (κ1) is 15.5. The van der Waals surface area contributed by atoms with Gasteiger partial charge in [-0.3, -0.25) is 4.90 Å². The fourth-order valence-corrected chi connectivity index (χ4v) is 1.17. The summed E-state index contributed by atoms with van der Waals surface area (Å²) in [4.78, 5) is 20.2. The summed E-state index contributed by atoms with van der Waals surface area (Å²) in [6.07, 6.45) is 5.05. The summed E-state index contributed by atoms with van der Waals surface area (Å²) in [5.74, 6) is 2.98. The van der Waals surface area contributed by atoms with E-state index in [2.05, 4.69) is 5.92 Å². The average Bonchev–Trinajstić information content (AvgIpc) is 2.40. The van der Waals surface area contributed by atoms with Crippen molar-refractivity contribution in [2.75, 3.05) is 18.2 Å². The third kappa shape index (κ3) is 4.55. The number of rotatable bonds is 4. The van der Waals surface area contributed by atoms with Crippen LogP contribution in [0.25, 0.3) is 0 Å². The van der Waals surface area contributed by atoms with E-state index in [-0.39, 0.29) is 13.3 Å². The van der Waals surface area contributed by atoms with Gasteiger partial charge in [0.1, 0.15) is 19.1 Å². The molecule has 0 aromatic heterocycles. The Morgan fingerprint density at radius 2 is 1.94 bits per heavy atom. The number of carbonyl (C=O) groups excluding carboxylic acids is 2. The Hall–Kier alpha value is -2.52. The van der Waals surface area contributed by atoms with E-state index in [0.717, 1.165) is 0 Å². The van der Waals surface area contributed by atoms with Gasteiger partial charge in [-0.2, -0.15) is 0 Å². The Labute approximate surface area is 106 Å². The fourth-order valence-electron chi connectivity index (χ4n) is 1.17. The lowest BCUT2D eigenvalue weighted by molar-refractivity contribution is -0.0979. The van der Waals surface area contributed by atoms with Crippen molar-refractivity contribution in [1.29, 1.82) is 0 Å². The maximum absolute atomic E-state index is 11.0. The Morgan fingerprint density at radius 3 is 2.33 bits per heavy atom. The van der Waals surface area contributed by atoms with Crippen molar-refractivity contribution in [3.63, 3.8) is 0 Å².